The second kappa shape index (κ2) is 13.1. The number of aliphatic hydroxyl groups excluding tert-OH is 4. The lowest BCUT2D eigenvalue weighted by atomic mass is 10.1. The average molecular weight is 505 g/mol. The molecule has 4 N–H and O–H groups in total. The highest BCUT2D eigenvalue weighted by molar-refractivity contribution is 5.95. The van der Waals surface area contributed by atoms with Crippen molar-refractivity contribution in [2.24, 2.45) is 0 Å². The number of nitrogens with zero attached hydrogens (tertiary/aromatic N) is 8. The summed E-state index contributed by atoms with van der Waals surface area (Å²) >= 11 is 0. The minimum atomic E-state index is -0.0984. The van der Waals surface area contributed by atoms with Crippen LogP contribution in [0, 0.1) is 0 Å². The van der Waals surface area contributed by atoms with Crippen LogP contribution in [0.3, 0.4) is 0 Å². The maximum atomic E-state index is 9.77. The van der Waals surface area contributed by atoms with E-state index >= 15 is 0 Å². The minimum Gasteiger partial charge on any atom is -0.395 e. The van der Waals surface area contributed by atoms with E-state index in [0.29, 0.717) is 41.8 Å². The van der Waals surface area contributed by atoms with E-state index in [1.807, 2.05) is 4.90 Å². The third-order valence-corrected chi connectivity index (χ3v) is 6.84. The van der Waals surface area contributed by atoms with E-state index in [0.717, 1.165) is 57.7 Å². The van der Waals surface area contributed by atoms with E-state index in [-0.39, 0.29) is 39.5 Å². The topological polar surface area (TPSA) is 145 Å². The first-order valence-corrected chi connectivity index (χ1v) is 13.2. The number of rotatable bonds is 12. The van der Waals surface area contributed by atoms with Crippen LogP contribution in [-0.4, -0.2) is 119 Å². The molecule has 0 aromatic carbocycles. The Bertz CT molecular complexity index is 957. The van der Waals surface area contributed by atoms with Crippen molar-refractivity contribution in [3.8, 4) is 0 Å². The van der Waals surface area contributed by atoms with Crippen molar-refractivity contribution in [3.63, 3.8) is 0 Å². The Labute approximate surface area is 212 Å². The van der Waals surface area contributed by atoms with Crippen molar-refractivity contribution in [2.75, 3.05) is 98.4 Å². The molecular weight excluding hydrogens is 464 g/mol. The van der Waals surface area contributed by atoms with Gasteiger partial charge in [0.05, 0.1) is 26.4 Å². The van der Waals surface area contributed by atoms with Gasteiger partial charge < -0.3 is 40.0 Å². The van der Waals surface area contributed by atoms with Crippen molar-refractivity contribution in [1.82, 2.24) is 19.9 Å². The smallest absolute Gasteiger partial charge is 0.228 e. The molecule has 2 aromatic rings. The highest BCUT2D eigenvalue weighted by atomic mass is 16.3. The predicted molar refractivity (Wildman–Crippen MR) is 140 cm³/mol. The highest BCUT2D eigenvalue weighted by Gasteiger charge is 2.26. The predicted octanol–water partition coefficient (Wildman–Crippen LogP) is -0.0176. The molecule has 12 heteroatoms. The van der Waals surface area contributed by atoms with Gasteiger partial charge in [0.2, 0.25) is 11.9 Å². The molecule has 0 bridgehead atoms. The molecule has 2 aromatic heterocycles. The van der Waals surface area contributed by atoms with Crippen LogP contribution in [0.4, 0.5) is 23.5 Å². The molecule has 12 nitrogen and oxygen atoms in total. The monoisotopic (exact) mass is 504 g/mol. The van der Waals surface area contributed by atoms with Crippen LogP contribution in [0.15, 0.2) is 0 Å². The molecular formula is C24H40N8O4. The Balaban J connectivity index is 1.94. The molecule has 2 saturated heterocycles. The second-order valence-corrected chi connectivity index (χ2v) is 9.36. The van der Waals surface area contributed by atoms with Crippen LogP contribution >= 0.6 is 0 Å². The first-order valence-electron chi connectivity index (χ1n) is 13.2. The molecule has 0 atom stereocenters. The van der Waals surface area contributed by atoms with E-state index in [9.17, 15) is 20.4 Å². The largest absolute Gasteiger partial charge is 0.395 e. The number of anilines is 4. The minimum absolute atomic E-state index is 0.0946. The fourth-order valence-electron chi connectivity index (χ4n) is 5.00. The van der Waals surface area contributed by atoms with Crippen LogP contribution in [0.5, 0.6) is 0 Å². The third-order valence-electron chi connectivity index (χ3n) is 6.84. The Morgan fingerprint density at radius 3 is 1.64 bits per heavy atom. The summed E-state index contributed by atoms with van der Waals surface area (Å²) in [6, 6.07) is 0. The normalized spacial score (nSPS) is 16.6. The van der Waals surface area contributed by atoms with Crippen LogP contribution in [0.2, 0.25) is 0 Å². The average Bonchev–Trinajstić information content (AvgIpc) is 2.92. The van der Waals surface area contributed by atoms with Crippen LogP contribution in [0.25, 0.3) is 11.0 Å². The summed E-state index contributed by atoms with van der Waals surface area (Å²) in [7, 11) is 0. The van der Waals surface area contributed by atoms with Crippen molar-refractivity contribution < 1.29 is 20.4 Å². The summed E-state index contributed by atoms with van der Waals surface area (Å²) in [5.74, 6) is 2.30. The van der Waals surface area contributed by atoms with E-state index in [1.165, 1.54) is 12.8 Å². The Kier molecular flexibility index (Phi) is 9.67. The molecule has 0 unspecified atom stereocenters. The number of hydrogen-bond donors (Lipinski definition) is 4. The lowest BCUT2D eigenvalue weighted by Crippen LogP contribution is -2.36. The van der Waals surface area contributed by atoms with Gasteiger partial charge in [-0.25, -0.2) is 9.97 Å². The summed E-state index contributed by atoms with van der Waals surface area (Å²) in [4.78, 5) is 27.8. The number of hydrogen-bond acceptors (Lipinski definition) is 12. The fraction of sp³-hybridized carbons (Fsp3) is 0.750. The van der Waals surface area contributed by atoms with Gasteiger partial charge in [-0.05, 0) is 38.5 Å². The summed E-state index contributed by atoms with van der Waals surface area (Å²) in [6.07, 6.45) is 6.66. The van der Waals surface area contributed by atoms with E-state index in [2.05, 4.69) is 9.80 Å². The van der Waals surface area contributed by atoms with Gasteiger partial charge in [-0.1, -0.05) is 0 Å². The van der Waals surface area contributed by atoms with Crippen molar-refractivity contribution >= 4 is 34.6 Å². The molecule has 0 saturated carbocycles. The molecule has 36 heavy (non-hydrogen) atoms. The number of fused-ring (bicyclic) bond motifs is 1. The van der Waals surface area contributed by atoms with Gasteiger partial charge in [0.25, 0.3) is 0 Å². The molecule has 2 aliphatic heterocycles. The molecule has 0 radical (unpaired) electrons. The lowest BCUT2D eigenvalue weighted by Gasteiger charge is -2.32. The SMILES string of the molecule is OCCN(CCO)c1nc(N2CCCCC2)c2nc(N3CCCCC3)nc(N(CCO)CCO)c2n1. The summed E-state index contributed by atoms with van der Waals surface area (Å²) in [6.45, 7) is 4.25. The third kappa shape index (κ3) is 6.05. The standard InChI is InChI=1S/C24H40N8O4/c33-15-11-30(12-16-34)22-20-19(25-23(28-22)31-9-5-2-6-10-31)21(29-7-3-1-4-8-29)27-24(26-20)32(13-17-35)14-18-36/h33-36H,1-18H2. The molecule has 0 amide bonds. The number of aromatic nitrogens is 4. The highest BCUT2D eigenvalue weighted by Crippen LogP contribution is 2.34. The quantitative estimate of drug-likeness (QED) is 0.308. The van der Waals surface area contributed by atoms with Gasteiger partial charge in [0, 0.05) is 52.4 Å². The van der Waals surface area contributed by atoms with E-state index in [4.69, 9.17) is 19.9 Å². The summed E-state index contributed by atoms with van der Waals surface area (Å²) < 4.78 is 0. The van der Waals surface area contributed by atoms with Crippen molar-refractivity contribution in [2.45, 2.75) is 38.5 Å². The van der Waals surface area contributed by atoms with Crippen LogP contribution in [0.1, 0.15) is 38.5 Å². The summed E-state index contributed by atoms with van der Waals surface area (Å²) in [5.41, 5.74) is 1.20. The fourth-order valence-corrected chi connectivity index (χ4v) is 5.00. The van der Waals surface area contributed by atoms with Gasteiger partial charge in [-0.3, -0.25) is 0 Å². The molecule has 2 aliphatic rings. The molecule has 4 heterocycles. The molecule has 2 fully saturated rings. The molecule has 0 spiro atoms. The van der Waals surface area contributed by atoms with Gasteiger partial charge in [0.1, 0.15) is 11.0 Å². The van der Waals surface area contributed by atoms with Gasteiger partial charge >= 0.3 is 0 Å². The first kappa shape index (κ1) is 26.5. The van der Waals surface area contributed by atoms with Crippen molar-refractivity contribution in [3.05, 3.63) is 0 Å². The maximum absolute atomic E-state index is 9.77. The Morgan fingerprint density at radius 2 is 1.08 bits per heavy atom. The number of piperidine rings is 2. The van der Waals surface area contributed by atoms with Gasteiger partial charge in [0.15, 0.2) is 11.6 Å². The Hall–Kier alpha value is -2.54. The zero-order valence-electron chi connectivity index (χ0n) is 21.1. The Morgan fingerprint density at radius 1 is 0.556 bits per heavy atom. The molecule has 200 valence electrons. The van der Waals surface area contributed by atoms with Crippen LogP contribution in [-0.2, 0) is 0 Å². The number of aliphatic hydroxyl groups is 4. The van der Waals surface area contributed by atoms with Gasteiger partial charge in [-0.15, -0.1) is 0 Å². The van der Waals surface area contributed by atoms with E-state index in [1.54, 1.807) is 4.90 Å². The summed E-state index contributed by atoms with van der Waals surface area (Å²) in [5, 5.41) is 38.8. The van der Waals surface area contributed by atoms with Gasteiger partial charge in [-0.2, -0.15) is 9.97 Å². The van der Waals surface area contributed by atoms with E-state index < -0.39 is 0 Å². The van der Waals surface area contributed by atoms with Crippen molar-refractivity contribution in [1.29, 1.82) is 0 Å². The maximum Gasteiger partial charge on any atom is 0.228 e. The first-order chi connectivity index (χ1) is 17.7. The zero-order valence-corrected chi connectivity index (χ0v) is 21.1. The zero-order chi connectivity index (χ0) is 25.3. The van der Waals surface area contributed by atoms with Crippen LogP contribution < -0.4 is 19.6 Å². The second-order valence-electron chi connectivity index (χ2n) is 9.36. The molecule has 0 aliphatic carbocycles. The lowest BCUT2D eigenvalue weighted by molar-refractivity contribution is 0.279. The molecule has 4 rings (SSSR count).